The predicted molar refractivity (Wildman–Crippen MR) is 102 cm³/mol. The van der Waals surface area contributed by atoms with Crippen molar-refractivity contribution in [3.8, 4) is 6.01 Å². The molecule has 140 valence electrons. The molecule has 1 aromatic carbocycles. The van der Waals surface area contributed by atoms with E-state index in [1.54, 1.807) is 36.7 Å². The van der Waals surface area contributed by atoms with Crippen LogP contribution in [0.3, 0.4) is 0 Å². The zero-order chi connectivity index (χ0) is 18.8. The summed E-state index contributed by atoms with van der Waals surface area (Å²) in [4.78, 5) is 36.7. The number of likely N-dealkylation sites (tertiary alicyclic amines) is 1. The highest BCUT2D eigenvalue weighted by molar-refractivity contribution is 9.10. The van der Waals surface area contributed by atoms with E-state index >= 15 is 0 Å². The van der Waals surface area contributed by atoms with Gasteiger partial charge in [0.25, 0.3) is 11.8 Å². The van der Waals surface area contributed by atoms with E-state index in [1.807, 2.05) is 0 Å². The fraction of sp³-hybridized carbons (Fsp3) is 0.368. The van der Waals surface area contributed by atoms with Gasteiger partial charge in [0.1, 0.15) is 6.10 Å². The molecule has 1 aromatic heterocycles. The number of hydrogen-bond acceptors (Lipinski definition) is 6. The minimum atomic E-state index is -0.193. The number of piperidine rings is 1. The van der Waals surface area contributed by atoms with E-state index in [-0.39, 0.29) is 17.9 Å². The Hall–Kier alpha value is -2.32. The summed E-state index contributed by atoms with van der Waals surface area (Å²) in [7, 11) is 0. The fourth-order valence-electron chi connectivity index (χ4n) is 3.44. The number of aromatic nitrogens is 2. The van der Waals surface area contributed by atoms with E-state index in [4.69, 9.17) is 4.74 Å². The molecule has 3 heterocycles. The Balaban J connectivity index is 1.26. The lowest BCUT2D eigenvalue weighted by molar-refractivity contribution is 0.0592. The molecule has 0 N–H and O–H groups in total. The van der Waals surface area contributed by atoms with Gasteiger partial charge in [-0.25, -0.2) is 9.97 Å². The lowest BCUT2D eigenvalue weighted by Gasteiger charge is -2.32. The largest absolute Gasteiger partial charge is 0.460 e. The number of carbonyl (C=O) groups excluding carboxylic acids is 2. The minimum absolute atomic E-state index is 0.0849. The Morgan fingerprint density at radius 1 is 1.00 bits per heavy atom. The van der Waals surface area contributed by atoms with Gasteiger partial charge in [0.2, 0.25) is 0 Å². The lowest BCUT2D eigenvalue weighted by atomic mass is 10.1. The van der Waals surface area contributed by atoms with Crippen LogP contribution in [0.1, 0.15) is 33.6 Å². The van der Waals surface area contributed by atoms with Gasteiger partial charge in [0.05, 0.1) is 15.6 Å². The molecule has 0 atom stereocenters. The molecule has 4 rings (SSSR count). The lowest BCUT2D eigenvalue weighted by Crippen LogP contribution is -2.43. The zero-order valence-corrected chi connectivity index (χ0v) is 16.3. The highest BCUT2D eigenvalue weighted by Gasteiger charge is 2.35. The number of benzene rings is 1. The van der Waals surface area contributed by atoms with Gasteiger partial charge in [-0.3, -0.25) is 14.5 Å². The molecular weight excluding hydrogens is 412 g/mol. The highest BCUT2D eigenvalue weighted by atomic mass is 79.9. The molecule has 27 heavy (non-hydrogen) atoms. The first-order valence-electron chi connectivity index (χ1n) is 8.93. The SMILES string of the molecule is O=C1c2ccccc2C(=O)N1CCN1CCC(Oc2ncc(Br)cn2)CC1. The van der Waals surface area contributed by atoms with Crippen LogP contribution in [0, 0.1) is 0 Å². The first kappa shape index (κ1) is 18.1. The number of rotatable bonds is 5. The molecule has 7 nitrogen and oxygen atoms in total. The average Bonchev–Trinajstić information content (AvgIpc) is 2.94. The van der Waals surface area contributed by atoms with Gasteiger partial charge in [-0.15, -0.1) is 0 Å². The molecule has 0 saturated carbocycles. The third kappa shape index (κ3) is 3.86. The summed E-state index contributed by atoms with van der Waals surface area (Å²) in [5, 5.41) is 0. The summed E-state index contributed by atoms with van der Waals surface area (Å²) < 4.78 is 6.64. The number of ether oxygens (including phenoxy) is 1. The standard InChI is InChI=1S/C19H19BrN4O3/c20-13-11-21-19(22-12-13)27-14-5-7-23(8-6-14)9-10-24-17(25)15-3-1-2-4-16(15)18(24)26/h1-4,11-12,14H,5-10H2. The summed E-state index contributed by atoms with van der Waals surface area (Å²) in [6.07, 6.45) is 5.14. The minimum Gasteiger partial charge on any atom is -0.460 e. The molecule has 0 bridgehead atoms. The highest BCUT2D eigenvalue weighted by Crippen LogP contribution is 2.23. The van der Waals surface area contributed by atoms with E-state index < -0.39 is 0 Å². The van der Waals surface area contributed by atoms with Crippen LogP contribution < -0.4 is 4.74 Å². The molecule has 0 radical (unpaired) electrons. The molecule has 0 aliphatic carbocycles. The molecule has 1 fully saturated rings. The van der Waals surface area contributed by atoms with E-state index in [2.05, 4.69) is 30.8 Å². The maximum atomic E-state index is 12.4. The molecule has 8 heteroatoms. The van der Waals surface area contributed by atoms with Gasteiger partial charge in [-0.05, 0) is 40.9 Å². The van der Waals surface area contributed by atoms with Gasteiger partial charge in [-0.2, -0.15) is 0 Å². The molecule has 2 aromatic rings. The summed E-state index contributed by atoms with van der Waals surface area (Å²) in [5.74, 6) is -0.387. The Kier molecular flexibility index (Phi) is 5.18. The van der Waals surface area contributed by atoms with Crippen molar-refractivity contribution in [2.24, 2.45) is 0 Å². The molecule has 1 saturated heterocycles. The maximum Gasteiger partial charge on any atom is 0.316 e. The molecule has 0 unspecified atom stereocenters. The number of carbonyl (C=O) groups is 2. The first-order valence-corrected chi connectivity index (χ1v) is 9.73. The van der Waals surface area contributed by atoms with Crippen LogP contribution in [0.2, 0.25) is 0 Å². The molecule has 2 aliphatic heterocycles. The van der Waals surface area contributed by atoms with Gasteiger partial charge in [0, 0.05) is 38.6 Å². The Morgan fingerprint density at radius 2 is 1.59 bits per heavy atom. The monoisotopic (exact) mass is 430 g/mol. The molecule has 0 spiro atoms. The average molecular weight is 431 g/mol. The van der Waals surface area contributed by atoms with Crippen LogP contribution in [0.15, 0.2) is 41.1 Å². The van der Waals surface area contributed by atoms with Crippen LogP contribution >= 0.6 is 15.9 Å². The summed E-state index contributed by atoms with van der Waals surface area (Å²) in [5.41, 5.74) is 1.01. The number of imide groups is 1. The third-order valence-corrected chi connectivity index (χ3v) is 5.33. The van der Waals surface area contributed by atoms with Crippen molar-refractivity contribution < 1.29 is 14.3 Å². The molecule has 2 amide bonds. The van der Waals surface area contributed by atoms with Gasteiger partial charge >= 0.3 is 6.01 Å². The van der Waals surface area contributed by atoms with E-state index in [9.17, 15) is 9.59 Å². The Morgan fingerprint density at radius 3 is 2.19 bits per heavy atom. The first-order chi connectivity index (χ1) is 13.1. The summed E-state index contributed by atoms with van der Waals surface area (Å²) in [6, 6.07) is 7.38. The zero-order valence-electron chi connectivity index (χ0n) is 14.7. The van der Waals surface area contributed by atoms with Gasteiger partial charge in [-0.1, -0.05) is 12.1 Å². The van der Waals surface area contributed by atoms with Crippen LogP contribution in [0.4, 0.5) is 0 Å². The molecular formula is C19H19BrN4O3. The number of fused-ring (bicyclic) bond motifs is 1. The van der Waals surface area contributed by atoms with Crippen molar-refractivity contribution in [1.82, 2.24) is 19.8 Å². The second-order valence-corrected chi connectivity index (χ2v) is 7.57. The van der Waals surface area contributed by atoms with Crippen molar-refractivity contribution in [3.63, 3.8) is 0 Å². The van der Waals surface area contributed by atoms with Crippen molar-refractivity contribution >= 4 is 27.7 Å². The van der Waals surface area contributed by atoms with Gasteiger partial charge < -0.3 is 9.64 Å². The second-order valence-electron chi connectivity index (χ2n) is 6.65. The van der Waals surface area contributed by atoms with Crippen molar-refractivity contribution in [2.45, 2.75) is 18.9 Å². The van der Waals surface area contributed by atoms with Gasteiger partial charge in [0.15, 0.2) is 0 Å². The maximum absolute atomic E-state index is 12.4. The van der Waals surface area contributed by atoms with Crippen LogP contribution in [-0.4, -0.2) is 63.9 Å². The van der Waals surface area contributed by atoms with Crippen molar-refractivity contribution in [3.05, 3.63) is 52.3 Å². The Bertz CT molecular complexity index is 815. The molecule has 2 aliphatic rings. The second kappa shape index (κ2) is 7.74. The van der Waals surface area contributed by atoms with Crippen LogP contribution in [0.25, 0.3) is 0 Å². The van der Waals surface area contributed by atoms with Crippen molar-refractivity contribution in [2.75, 3.05) is 26.2 Å². The predicted octanol–water partition coefficient (Wildman–Crippen LogP) is 2.38. The third-order valence-electron chi connectivity index (χ3n) is 4.92. The van der Waals surface area contributed by atoms with Crippen molar-refractivity contribution in [1.29, 1.82) is 0 Å². The smallest absolute Gasteiger partial charge is 0.316 e. The van der Waals surface area contributed by atoms with E-state index in [1.165, 1.54) is 4.90 Å². The number of halogens is 1. The van der Waals surface area contributed by atoms with E-state index in [0.29, 0.717) is 30.2 Å². The normalized spacial score (nSPS) is 18.0. The van der Waals surface area contributed by atoms with Crippen LogP contribution in [-0.2, 0) is 0 Å². The number of amides is 2. The Labute approximate surface area is 165 Å². The quantitative estimate of drug-likeness (QED) is 0.677. The number of hydrogen-bond donors (Lipinski definition) is 0. The number of nitrogens with zero attached hydrogens (tertiary/aromatic N) is 4. The van der Waals surface area contributed by atoms with Crippen LogP contribution in [0.5, 0.6) is 6.01 Å². The summed E-state index contributed by atoms with van der Waals surface area (Å²) >= 11 is 3.30. The fourth-order valence-corrected chi connectivity index (χ4v) is 3.65. The van der Waals surface area contributed by atoms with E-state index in [0.717, 1.165) is 30.4 Å². The topological polar surface area (TPSA) is 75.6 Å². The summed E-state index contributed by atoms with van der Waals surface area (Å²) in [6.45, 7) is 2.79.